The standard InChI is InChI=1S/C13H18ClNO3/c1-10(13(17)18)8-15(6-7-16)9-11-4-2-3-5-12(11)14/h2-5,10,16H,6-9H2,1H3,(H,17,18). The summed E-state index contributed by atoms with van der Waals surface area (Å²) in [7, 11) is 0. The molecule has 0 amide bonds. The van der Waals surface area contributed by atoms with Crippen LogP contribution in [0.4, 0.5) is 0 Å². The summed E-state index contributed by atoms with van der Waals surface area (Å²) in [6.45, 7) is 3.01. The van der Waals surface area contributed by atoms with Crippen LogP contribution in [-0.4, -0.2) is 40.8 Å². The smallest absolute Gasteiger partial charge is 0.307 e. The van der Waals surface area contributed by atoms with Crippen molar-refractivity contribution in [3.05, 3.63) is 34.9 Å². The first-order valence-corrected chi connectivity index (χ1v) is 6.21. The molecule has 0 aromatic heterocycles. The van der Waals surface area contributed by atoms with Crippen LogP contribution in [0.25, 0.3) is 0 Å². The van der Waals surface area contributed by atoms with Gasteiger partial charge in [-0.2, -0.15) is 0 Å². The Balaban J connectivity index is 2.68. The van der Waals surface area contributed by atoms with Gasteiger partial charge in [-0.3, -0.25) is 9.69 Å². The molecule has 1 unspecified atom stereocenters. The SMILES string of the molecule is CC(CN(CCO)Cc1ccccc1Cl)C(=O)O. The zero-order valence-corrected chi connectivity index (χ0v) is 11.1. The lowest BCUT2D eigenvalue weighted by Crippen LogP contribution is -2.33. The number of hydrogen-bond donors (Lipinski definition) is 2. The lowest BCUT2D eigenvalue weighted by molar-refractivity contribution is -0.141. The molecule has 1 rings (SSSR count). The average molecular weight is 272 g/mol. The molecule has 0 saturated heterocycles. The van der Waals surface area contributed by atoms with Crippen LogP contribution in [0.1, 0.15) is 12.5 Å². The minimum Gasteiger partial charge on any atom is -0.481 e. The maximum absolute atomic E-state index is 10.8. The molecule has 18 heavy (non-hydrogen) atoms. The predicted octanol–water partition coefficient (Wildman–Crippen LogP) is 1.85. The number of carboxylic acids is 1. The van der Waals surface area contributed by atoms with Crippen LogP contribution >= 0.6 is 11.6 Å². The zero-order valence-electron chi connectivity index (χ0n) is 10.3. The van der Waals surface area contributed by atoms with Gasteiger partial charge in [-0.05, 0) is 11.6 Å². The van der Waals surface area contributed by atoms with Gasteiger partial charge in [0, 0.05) is 24.7 Å². The second kappa shape index (κ2) is 7.36. The molecular formula is C13H18ClNO3. The summed E-state index contributed by atoms with van der Waals surface area (Å²) < 4.78 is 0. The summed E-state index contributed by atoms with van der Waals surface area (Å²) in [6, 6.07) is 7.44. The fourth-order valence-electron chi connectivity index (χ4n) is 1.71. The normalized spacial score (nSPS) is 12.7. The Bertz CT molecular complexity index is 398. The Hall–Kier alpha value is -1.10. The molecule has 0 aliphatic carbocycles. The predicted molar refractivity (Wildman–Crippen MR) is 70.6 cm³/mol. The Labute approximate surface area is 112 Å². The number of aliphatic hydroxyl groups excluding tert-OH is 1. The van der Waals surface area contributed by atoms with Crippen LogP contribution in [-0.2, 0) is 11.3 Å². The number of nitrogens with zero attached hydrogens (tertiary/aromatic N) is 1. The topological polar surface area (TPSA) is 60.8 Å². The van der Waals surface area contributed by atoms with E-state index >= 15 is 0 Å². The number of rotatable bonds is 7. The van der Waals surface area contributed by atoms with Gasteiger partial charge in [0.25, 0.3) is 0 Å². The number of carbonyl (C=O) groups is 1. The molecule has 100 valence electrons. The summed E-state index contributed by atoms with van der Waals surface area (Å²) in [5.74, 6) is -1.31. The molecule has 0 aliphatic heterocycles. The maximum atomic E-state index is 10.8. The summed E-state index contributed by atoms with van der Waals surface area (Å²) in [6.07, 6.45) is 0. The lowest BCUT2D eigenvalue weighted by Gasteiger charge is -2.23. The molecule has 0 radical (unpaired) electrons. The number of aliphatic hydroxyl groups is 1. The molecular weight excluding hydrogens is 254 g/mol. The molecule has 5 heteroatoms. The second-order valence-corrected chi connectivity index (χ2v) is 4.70. The first-order chi connectivity index (χ1) is 8.54. The maximum Gasteiger partial charge on any atom is 0.307 e. The van der Waals surface area contributed by atoms with E-state index in [-0.39, 0.29) is 6.61 Å². The number of aliphatic carboxylic acids is 1. The Morgan fingerprint density at radius 2 is 2.11 bits per heavy atom. The summed E-state index contributed by atoms with van der Waals surface area (Å²) >= 11 is 6.06. The first kappa shape index (κ1) is 15.0. The molecule has 1 atom stereocenters. The summed E-state index contributed by atoms with van der Waals surface area (Å²) in [4.78, 5) is 12.7. The van der Waals surface area contributed by atoms with E-state index in [1.165, 1.54) is 0 Å². The van der Waals surface area contributed by atoms with E-state index in [2.05, 4.69) is 0 Å². The van der Waals surface area contributed by atoms with Crippen molar-refractivity contribution >= 4 is 17.6 Å². The van der Waals surface area contributed by atoms with Crippen molar-refractivity contribution in [2.45, 2.75) is 13.5 Å². The summed E-state index contributed by atoms with van der Waals surface area (Å²) in [5.41, 5.74) is 0.935. The van der Waals surface area contributed by atoms with Crippen molar-refractivity contribution in [3.63, 3.8) is 0 Å². The van der Waals surface area contributed by atoms with E-state index in [4.69, 9.17) is 21.8 Å². The first-order valence-electron chi connectivity index (χ1n) is 5.84. The van der Waals surface area contributed by atoms with E-state index < -0.39 is 11.9 Å². The van der Waals surface area contributed by atoms with Crippen molar-refractivity contribution < 1.29 is 15.0 Å². The third kappa shape index (κ3) is 4.64. The van der Waals surface area contributed by atoms with Gasteiger partial charge in [-0.15, -0.1) is 0 Å². The molecule has 1 aromatic rings. The fraction of sp³-hybridized carbons (Fsp3) is 0.462. The van der Waals surface area contributed by atoms with Crippen LogP contribution in [0.15, 0.2) is 24.3 Å². The van der Waals surface area contributed by atoms with Crippen LogP contribution in [0, 0.1) is 5.92 Å². The van der Waals surface area contributed by atoms with Crippen molar-refractivity contribution in [3.8, 4) is 0 Å². The van der Waals surface area contributed by atoms with Gasteiger partial charge in [0.05, 0.1) is 12.5 Å². The minimum absolute atomic E-state index is 0.00318. The minimum atomic E-state index is -0.836. The fourth-order valence-corrected chi connectivity index (χ4v) is 1.90. The van der Waals surface area contributed by atoms with E-state index in [0.717, 1.165) is 5.56 Å². The van der Waals surface area contributed by atoms with E-state index in [1.807, 2.05) is 23.1 Å². The Kier molecular flexibility index (Phi) is 6.12. The van der Waals surface area contributed by atoms with Crippen molar-refractivity contribution in [2.75, 3.05) is 19.7 Å². The van der Waals surface area contributed by atoms with Gasteiger partial charge < -0.3 is 10.2 Å². The van der Waals surface area contributed by atoms with E-state index in [1.54, 1.807) is 13.0 Å². The largest absolute Gasteiger partial charge is 0.481 e. The Morgan fingerprint density at radius 1 is 1.44 bits per heavy atom. The number of halogens is 1. The highest BCUT2D eigenvalue weighted by atomic mass is 35.5. The van der Waals surface area contributed by atoms with Crippen molar-refractivity contribution in [1.82, 2.24) is 4.90 Å². The van der Waals surface area contributed by atoms with Crippen molar-refractivity contribution in [2.24, 2.45) is 5.92 Å². The van der Waals surface area contributed by atoms with Crippen LogP contribution in [0.5, 0.6) is 0 Å². The molecule has 0 bridgehead atoms. The highest BCUT2D eigenvalue weighted by Crippen LogP contribution is 2.17. The van der Waals surface area contributed by atoms with Gasteiger partial charge in [0.2, 0.25) is 0 Å². The van der Waals surface area contributed by atoms with Gasteiger partial charge >= 0.3 is 5.97 Å². The average Bonchev–Trinajstić information content (AvgIpc) is 2.32. The van der Waals surface area contributed by atoms with Crippen LogP contribution < -0.4 is 0 Å². The van der Waals surface area contributed by atoms with E-state index in [9.17, 15) is 4.79 Å². The molecule has 0 spiro atoms. The third-order valence-corrected chi connectivity index (χ3v) is 3.09. The molecule has 1 aromatic carbocycles. The van der Waals surface area contributed by atoms with Gasteiger partial charge in [0.1, 0.15) is 0 Å². The highest BCUT2D eigenvalue weighted by Gasteiger charge is 2.16. The molecule has 0 aliphatic rings. The molecule has 2 N–H and O–H groups in total. The zero-order chi connectivity index (χ0) is 13.5. The highest BCUT2D eigenvalue weighted by molar-refractivity contribution is 6.31. The van der Waals surface area contributed by atoms with Crippen LogP contribution in [0.2, 0.25) is 5.02 Å². The summed E-state index contributed by atoms with van der Waals surface area (Å²) in [5, 5.41) is 18.6. The van der Waals surface area contributed by atoms with Gasteiger partial charge in [0.15, 0.2) is 0 Å². The molecule has 4 nitrogen and oxygen atoms in total. The third-order valence-electron chi connectivity index (χ3n) is 2.72. The quantitative estimate of drug-likeness (QED) is 0.795. The van der Waals surface area contributed by atoms with Crippen LogP contribution in [0.3, 0.4) is 0 Å². The molecule has 0 saturated carbocycles. The monoisotopic (exact) mass is 271 g/mol. The second-order valence-electron chi connectivity index (χ2n) is 4.29. The molecule has 0 heterocycles. The van der Waals surface area contributed by atoms with Crippen molar-refractivity contribution in [1.29, 1.82) is 0 Å². The van der Waals surface area contributed by atoms with E-state index in [0.29, 0.717) is 24.7 Å². The number of hydrogen-bond acceptors (Lipinski definition) is 3. The lowest BCUT2D eigenvalue weighted by atomic mass is 10.1. The number of carboxylic acid groups (broad SMARTS) is 1. The molecule has 0 fully saturated rings. The Morgan fingerprint density at radius 3 is 2.67 bits per heavy atom. The van der Waals surface area contributed by atoms with Gasteiger partial charge in [-0.1, -0.05) is 36.7 Å². The van der Waals surface area contributed by atoms with Gasteiger partial charge in [-0.25, -0.2) is 0 Å². The number of benzene rings is 1.